The number of hydrogen-bond donors (Lipinski definition) is 1. The molecule has 1 N–H and O–H groups in total. The number of halogens is 1. The minimum absolute atomic E-state index is 0.0483. The number of carbonyl (C=O) groups excluding carboxylic acids is 1. The summed E-state index contributed by atoms with van der Waals surface area (Å²) in [4.78, 5) is 20.7. The second-order valence-corrected chi connectivity index (χ2v) is 6.18. The molecular weight excluding hydrogens is 318 g/mol. The van der Waals surface area contributed by atoms with Crippen molar-refractivity contribution in [2.24, 2.45) is 0 Å². The number of nitrogens with zero attached hydrogens (tertiary/aromatic N) is 4. The Balaban J connectivity index is 2.36. The van der Waals surface area contributed by atoms with Crippen molar-refractivity contribution in [1.82, 2.24) is 20.2 Å². The molecule has 2 heterocycles. The largest absolute Gasteiger partial charge is 0.461 e. The summed E-state index contributed by atoms with van der Waals surface area (Å²) in [6.45, 7) is 8.00. The van der Waals surface area contributed by atoms with Crippen LogP contribution in [0.3, 0.4) is 0 Å². The van der Waals surface area contributed by atoms with Crippen LogP contribution in [0, 0.1) is 0 Å². The highest BCUT2D eigenvalue weighted by molar-refractivity contribution is 6.29. The second kappa shape index (κ2) is 6.87. The van der Waals surface area contributed by atoms with Gasteiger partial charge in [-0.25, -0.2) is 14.8 Å². The summed E-state index contributed by atoms with van der Waals surface area (Å²) >= 11 is 5.87. The van der Waals surface area contributed by atoms with Crippen molar-refractivity contribution >= 4 is 29.1 Å². The maximum absolute atomic E-state index is 12.0. The number of nitrogens with one attached hydrogen (secondary N) is 1. The van der Waals surface area contributed by atoms with Crippen LogP contribution in [0.2, 0.25) is 5.15 Å². The molecule has 0 saturated carbocycles. The third-order valence-corrected chi connectivity index (χ3v) is 3.01. The molecule has 8 heteroatoms. The van der Waals surface area contributed by atoms with E-state index in [0.29, 0.717) is 17.3 Å². The predicted molar refractivity (Wildman–Crippen MR) is 87.0 cm³/mol. The quantitative estimate of drug-likeness (QED) is 0.858. The maximum Gasteiger partial charge on any atom is 0.361 e. The van der Waals surface area contributed by atoms with E-state index in [-0.39, 0.29) is 22.9 Å². The van der Waals surface area contributed by atoms with E-state index in [9.17, 15) is 4.79 Å². The number of esters is 1. The SMILES string of the molecule is CCOC(=O)c1nnc(Cl)cc1Nc1ccnc(C(C)(C)C)n1. The van der Waals surface area contributed by atoms with Gasteiger partial charge < -0.3 is 10.1 Å². The van der Waals surface area contributed by atoms with Crippen LogP contribution in [0.5, 0.6) is 0 Å². The molecule has 122 valence electrons. The summed E-state index contributed by atoms with van der Waals surface area (Å²) in [6, 6.07) is 3.19. The molecular formula is C15H18ClN5O2. The van der Waals surface area contributed by atoms with E-state index >= 15 is 0 Å². The molecule has 0 aliphatic heterocycles. The molecule has 2 rings (SSSR count). The fourth-order valence-electron chi connectivity index (χ4n) is 1.74. The van der Waals surface area contributed by atoms with E-state index in [1.165, 1.54) is 6.07 Å². The van der Waals surface area contributed by atoms with Crippen molar-refractivity contribution in [2.45, 2.75) is 33.1 Å². The molecule has 0 saturated heterocycles. The first kappa shape index (κ1) is 17.1. The Kier molecular flexibility index (Phi) is 5.10. The Labute approximate surface area is 139 Å². The van der Waals surface area contributed by atoms with Gasteiger partial charge in [0.2, 0.25) is 0 Å². The van der Waals surface area contributed by atoms with Crippen LogP contribution in [0.1, 0.15) is 44.0 Å². The van der Waals surface area contributed by atoms with E-state index < -0.39 is 5.97 Å². The standard InChI is InChI=1S/C15H18ClN5O2/c1-5-23-13(22)12-9(8-10(16)20-21-12)18-11-6-7-17-14(19-11)15(2,3)4/h6-8H,5H2,1-4H3,(H,17,18,19,20). The Bertz CT molecular complexity index is 715. The highest BCUT2D eigenvalue weighted by Gasteiger charge is 2.19. The van der Waals surface area contributed by atoms with E-state index in [4.69, 9.17) is 16.3 Å². The van der Waals surface area contributed by atoms with Gasteiger partial charge in [0.05, 0.1) is 12.3 Å². The van der Waals surface area contributed by atoms with Gasteiger partial charge in [0.15, 0.2) is 10.8 Å². The van der Waals surface area contributed by atoms with Gasteiger partial charge in [0, 0.05) is 17.7 Å². The first-order chi connectivity index (χ1) is 10.8. The molecule has 0 bridgehead atoms. The van der Waals surface area contributed by atoms with Crippen LogP contribution in [-0.4, -0.2) is 32.7 Å². The molecule has 2 aromatic heterocycles. The predicted octanol–water partition coefficient (Wildman–Crippen LogP) is 3.14. The van der Waals surface area contributed by atoms with Crippen LogP contribution in [0.15, 0.2) is 18.3 Å². The number of hydrogen-bond acceptors (Lipinski definition) is 7. The van der Waals surface area contributed by atoms with E-state index in [1.54, 1.807) is 19.2 Å². The summed E-state index contributed by atoms with van der Waals surface area (Å²) in [6.07, 6.45) is 1.65. The van der Waals surface area contributed by atoms with Crippen molar-refractivity contribution < 1.29 is 9.53 Å². The van der Waals surface area contributed by atoms with Crippen molar-refractivity contribution in [2.75, 3.05) is 11.9 Å². The fraction of sp³-hybridized carbons (Fsp3) is 0.400. The summed E-state index contributed by atoms with van der Waals surface area (Å²) in [5, 5.41) is 10.7. The summed E-state index contributed by atoms with van der Waals surface area (Å²) < 4.78 is 4.97. The van der Waals surface area contributed by atoms with Crippen LogP contribution >= 0.6 is 11.6 Å². The molecule has 0 aliphatic carbocycles. The molecule has 2 aromatic rings. The highest BCUT2D eigenvalue weighted by Crippen LogP contribution is 2.23. The van der Waals surface area contributed by atoms with Crippen LogP contribution in [-0.2, 0) is 10.2 Å². The number of anilines is 2. The first-order valence-electron chi connectivity index (χ1n) is 7.12. The molecule has 0 radical (unpaired) electrons. The Hall–Kier alpha value is -2.28. The van der Waals surface area contributed by atoms with Gasteiger partial charge >= 0.3 is 5.97 Å². The summed E-state index contributed by atoms with van der Waals surface area (Å²) in [5.41, 5.74) is 0.227. The molecule has 0 aliphatic rings. The fourth-order valence-corrected chi connectivity index (χ4v) is 1.89. The van der Waals surface area contributed by atoms with Crippen molar-refractivity contribution in [3.8, 4) is 0 Å². The highest BCUT2D eigenvalue weighted by atomic mass is 35.5. The Morgan fingerprint density at radius 2 is 2.09 bits per heavy atom. The van der Waals surface area contributed by atoms with E-state index in [0.717, 1.165) is 0 Å². The van der Waals surface area contributed by atoms with Gasteiger partial charge in [-0.05, 0) is 13.0 Å². The maximum atomic E-state index is 12.0. The van der Waals surface area contributed by atoms with E-state index in [2.05, 4.69) is 25.5 Å². The Morgan fingerprint density at radius 3 is 2.74 bits per heavy atom. The van der Waals surface area contributed by atoms with Crippen LogP contribution in [0.25, 0.3) is 0 Å². The third-order valence-electron chi connectivity index (χ3n) is 2.82. The Morgan fingerprint density at radius 1 is 1.35 bits per heavy atom. The average molecular weight is 336 g/mol. The smallest absolute Gasteiger partial charge is 0.361 e. The molecule has 0 fully saturated rings. The third kappa shape index (κ3) is 4.35. The minimum atomic E-state index is -0.579. The van der Waals surface area contributed by atoms with Gasteiger partial charge in [-0.2, -0.15) is 0 Å². The lowest BCUT2D eigenvalue weighted by Gasteiger charge is -2.17. The molecule has 0 spiro atoms. The second-order valence-electron chi connectivity index (χ2n) is 5.79. The van der Waals surface area contributed by atoms with E-state index in [1.807, 2.05) is 20.8 Å². The van der Waals surface area contributed by atoms with Crippen molar-refractivity contribution in [1.29, 1.82) is 0 Å². The zero-order valence-electron chi connectivity index (χ0n) is 13.4. The molecule has 0 amide bonds. The van der Waals surface area contributed by atoms with Gasteiger partial charge in [-0.1, -0.05) is 32.4 Å². The van der Waals surface area contributed by atoms with Crippen LogP contribution < -0.4 is 5.32 Å². The summed E-state index contributed by atoms with van der Waals surface area (Å²) in [5.74, 6) is 0.622. The molecule has 0 atom stereocenters. The molecule has 0 unspecified atom stereocenters. The van der Waals surface area contributed by atoms with Gasteiger partial charge in [0.1, 0.15) is 11.6 Å². The topological polar surface area (TPSA) is 89.9 Å². The first-order valence-corrected chi connectivity index (χ1v) is 7.50. The lowest BCUT2D eigenvalue weighted by atomic mass is 9.96. The van der Waals surface area contributed by atoms with Crippen LogP contribution in [0.4, 0.5) is 11.5 Å². The lowest BCUT2D eigenvalue weighted by molar-refractivity contribution is 0.0519. The monoisotopic (exact) mass is 335 g/mol. The molecule has 23 heavy (non-hydrogen) atoms. The average Bonchev–Trinajstić information content (AvgIpc) is 2.47. The van der Waals surface area contributed by atoms with Gasteiger partial charge in [0.25, 0.3) is 0 Å². The zero-order valence-corrected chi connectivity index (χ0v) is 14.2. The summed E-state index contributed by atoms with van der Waals surface area (Å²) in [7, 11) is 0. The number of rotatable bonds is 4. The molecule has 0 aromatic carbocycles. The normalized spacial score (nSPS) is 11.2. The zero-order chi connectivity index (χ0) is 17.0. The minimum Gasteiger partial charge on any atom is -0.461 e. The number of aromatic nitrogens is 4. The van der Waals surface area contributed by atoms with Gasteiger partial charge in [-0.15, -0.1) is 10.2 Å². The number of ether oxygens (including phenoxy) is 1. The van der Waals surface area contributed by atoms with Gasteiger partial charge in [-0.3, -0.25) is 0 Å². The van der Waals surface area contributed by atoms with Crippen molar-refractivity contribution in [3.63, 3.8) is 0 Å². The lowest BCUT2D eigenvalue weighted by Crippen LogP contribution is -2.17. The van der Waals surface area contributed by atoms with Crippen molar-refractivity contribution in [3.05, 3.63) is 35.0 Å². The number of carbonyl (C=O) groups is 1. The molecule has 7 nitrogen and oxygen atoms in total.